The molecule has 0 atom stereocenters. The Kier molecular flexibility index (Phi) is 6.10. The van der Waals surface area contributed by atoms with E-state index in [9.17, 15) is 0 Å². The molecule has 1 heterocycles. The molecule has 21 heavy (non-hydrogen) atoms. The molecule has 0 N–H and O–H groups in total. The SMILES string of the molecule is CN(C)C(=S)SC(=S)N1CCN(c2cccc(Cl)c2)CC1. The summed E-state index contributed by atoms with van der Waals surface area (Å²) in [6.07, 6.45) is 0. The third-order valence-corrected chi connectivity index (χ3v) is 5.58. The van der Waals surface area contributed by atoms with Crippen molar-refractivity contribution in [3.8, 4) is 0 Å². The van der Waals surface area contributed by atoms with Gasteiger partial charge in [0.25, 0.3) is 0 Å². The number of halogens is 1. The van der Waals surface area contributed by atoms with Crippen molar-refractivity contribution < 1.29 is 0 Å². The van der Waals surface area contributed by atoms with E-state index in [1.165, 1.54) is 17.4 Å². The fraction of sp³-hybridized carbons (Fsp3) is 0.429. The highest BCUT2D eigenvalue weighted by molar-refractivity contribution is 8.37. The number of thiocarbonyl (C=S) groups is 2. The van der Waals surface area contributed by atoms with Crippen LogP contribution in [0.2, 0.25) is 5.02 Å². The zero-order valence-corrected chi connectivity index (χ0v) is 15.3. The van der Waals surface area contributed by atoms with Crippen molar-refractivity contribution in [2.75, 3.05) is 45.2 Å². The van der Waals surface area contributed by atoms with Gasteiger partial charge in [-0.25, -0.2) is 0 Å². The van der Waals surface area contributed by atoms with Gasteiger partial charge in [0.05, 0.1) is 0 Å². The van der Waals surface area contributed by atoms with Gasteiger partial charge in [-0.2, -0.15) is 0 Å². The van der Waals surface area contributed by atoms with Gasteiger partial charge in [0, 0.05) is 51.0 Å². The molecule has 7 heteroatoms. The van der Waals surface area contributed by atoms with E-state index in [0.29, 0.717) is 0 Å². The first kappa shape index (κ1) is 16.8. The summed E-state index contributed by atoms with van der Waals surface area (Å²) >= 11 is 18.3. The van der Waals surface area contributed by atoms with Gasteiger partial charge in [-0.3, -0.25) is 0 Å². The molecule has 1 aliphatic rings. The lowest BCUT2D eigenvalue weighted by Gasteiger charge is -2.37. The Hall–Kier alpha value is -0.560. The number of hydrogen-bond acceptors (Lipinski definition) is 4. The highest BCUT2D eigenvalue weighted by Gasteiger charge is 2.20. The fourth-order valence-corrected chi connectivity index (χ4v) is 3.69. The highest BCUT2D eigenvalue weighted by atomic mass is 35.5. The molecule has 3 nitrogen and oxygen atoms in total. The minimum absolute atomic E-state index is 0.775. The molecule has 0 aromatic heterocycles. The van der Waals surface area contributed by atoms with Gasteiger partial charge in [0.1, 0.15) is 8.64 Å². The highest BCUT2D eigenvalue weighted by Crippen LogP contribution is 2.22. The van der Waals surface area contributed by atoms with Crippen molar-refractivity contribution in [3.05, 3.63) is 29.3 Å². The van der Waals surface area contributed by atoms with E-state index < -0.39 is 0 Å². The van der Waals surface area contributed by atoms with Crippen LogP contribution in [0.1, 0.15) is 0 Å². The summed E-state index contributed by atoms with van der Waals surface area (Å²) in [5, 5.41) is 0.775. The average molecular weight is 360 g/mol. The molecule has 114 valence electrons. The molecule has 1 aromatic carbocycles. The zero-order chi connectivity index (χ0) is 15.4. The van der Waals surface area contributed by atoms with Gasteiger partial charge >= 0.3 is 0 Å². The lowest BCUT2D eigenvalue weighted by atomic mass is 10.2. The molecule has 0 amide bonds. The number of nitrogens with zero attached hydrogens (tertiary/aromatic N) is 3. The summed E-state index contributed by atoms with van der Waals surface area (Å²) in [5.41, 5.74) is 1.17. The Bertz CT molecular complexity index is 528. The van der Waals surface area contributed by atoms with Crippen molar-refractivity contribution in [2.45, 2.75) is 0 Å². The largest absolute Gasteiger partial charge is 0.368 e. The number of piperazine rings is 1. The molecule has 0 bridgehead atoms. The van der Waals surface area contributed by atoms with E-state index in [1.807, 2.05) is 37.2 Å². The van der Waals surface area contributed by atoms with E-state index in [-0.39, 0.29) is 0 Å². The molecule has 0 saturated carbocycles. The molecule has 1 fully saturated rings. The molecule has 1 saturated heterocycles. The monoisotopic (exact) mass is 359 g/mol. The number of rotatable bonds is 1. The van der Waals surface area contributed by atoms with Crippen molar-refractivity contribution in [1.82, 2.24) is 9.80 Å². The topological polar surface area (TPSA) is 9.72 Å². The predicted octanol–water partition coefficient (Wildman–Crippen LogP) is 3.33. The number of hydrogen-bond donors (Lipinski definition) is 0. The van der Waals surface area contributed by atoms with Crippen molar-refractivity contribution in [2.24, 2.45) is 0 Å². The van der Waals surface area contributed by atoms with E-state index in [0.717, 1.165) is 39.8 Å². The lowest BCUT2D eigenvalue weighted by molar-refractivity contribution is 0.398. The summed E-state index contributed by atoms with van der Waals surface area (Å²) in [5.74, 6) is 0. The van der Waals surface area contributed by atoms with Crippen LogP contribution in [0, 0.1) is 0 Å². The second-order valence-electron chi connectivity index (χ2n) is 4.98. The summed E-state index contributed by atoms with van der Waals surface area (Å²) < 4.78 is 1.66. The Balaban J connectivity index is 1.88. The Morgan fingerprint density at radius 2 is 1.86 bits per heavy atom. The zero-order valence-electron chi connectivity index (χ0n) is 12.1. The first-order valence-corrected chi connectivity index (χ1v) is 8.67. The first-order chi connectivity index (χ1) is 9.97. The first-order valence-electron chi connectivity index (χ1n) is 6.66. The maximum absolute atomic E-state index is 6.05. The van der Waals surface area contributed by atoms with Gasteiger partial charge in [-0.15, -0.1) is 0 Å². The molecule has 2 rings (SSSR count). The summed E-state index contributed by atoms with van der Waals surface area (Å²) in [4.78, 5) is 6.46. The van der Waals surface area contributed by atoms with Gasteiger partial charge in [0.15, 0.2) is 0 Å². The van der Waals surface area contributed by atoms with Crippen LogP contribution >= 0.6 is 47.8 Å². The minimum atomic E-state index is 0.775. The van der Waals surface area contributed by atoms with Gasteiger partial charge < -0.3 is 14.7 Å². The van der Waals surface area contributed by atoms with Crippen LogP contribution in [0.5, 0.6) is 0 Å². The summed E-state index contributed by atoms with van der Waals surface area (Å²) in [7, 11) is 3.88. The van der Waals surface area contributed by atoms with Crippen LogP contribution < -0.4 is 4.90 Å². The molecule has 0 aliphatic carbocycles. The molecule has 0 unspecified atom stereocenters. The number of benzene rings is 1. The predicted molar refractivity (Wildman–Crippen MR) is 102 cm³/mol. The van der Waals surface area contributed by atoms with Crippen LogP contribution in [-0.2, 0) is 0 Å². The van der Waals surface area contributed by atoms with Crippen LogP contribution in [-0.4, -0.2) is 58.7 Å². The minimum Gasteiger partial charge on any atom is -0.368 e. The lowest BCUT2D eigenvalue weighted by Crippen LogP contribution is -2.48. The quantitative estimate of drug-likeness (QED) is 0.706. The van der Waals surface area contributed by atoms with Crippen molar-refractivity contribution in [1.29, 1.82) is 0 Å². The Labute approximate surface area is 146 Å². The molecule has 1 aromatic rings. The van der Waals surface area contributed by atoms with Crippen molar-refractivity contribution in [3.63, 3.8) is 0 Å². The number of thioether (sulfide) groups is 1. The maximum Gasteiger partial charge on any atom is 0.143 e. The Morgan fingerprint density at radius 3 is 2.43 bits per heavy atom. The van der Waals surface area contributed by atoms with Crippen molar-refractivity contribution >= 4 is 62.1 Å². The van der Waals surface area contributed by atoms with E-state index in [2.05, 4.69) is 15.9 Å². The summed E-state index contributed by atoms with van der Waals surface area (Å²) in [6, 6.07) is 7.98. The third kappa shape index (κ3) is 4.71. The van der Waals surface area contributed by atoms with Gasteiger partial charge in [-0.1, -0.05) is 42.1 Å². The normalized spacial score (nSPS) is 15.0. The molecule has 0 radical (unpaired) electrons. The number of anilines is 1. The molecular formula is C14H18ClN3S3. The fourth-order valence-electron chi connectivity index (χ4n) is 2.05. The van der Waals surface area contributed by atoms with E-state index in [4.69, 9.17) is 36.0 Å². The average Bonchev–Trinajstić information content (AvgIpc) is 2.47. The van der Waals surface area contributed by atoms with Crippen LogP contribution in [0.25, 0.3) is 0 Å². The second-order valence-corrected chi connectivity index (χ2v) is 7.69. The van der Waals surface area contributed by atoms with Gasteiger partial charge in [-0.05, 0) is 30.0 Å². The molecule has 1 aliphatic heterocycles. The third-order valence-electron chi connectivity index (χ3n) is 3.25. The standard InChI is InChI=1S/C14H18ClN3S3/c1-16(2)13(19)21-14(20)18-8-6-17(7-9-18)12-5-3-4-11(15)10-12/h3-5,10H,6-9H2,1-2H3. The van der Waals surface area contributed by atoms with E-state index >= 15 is 0 Å². The van der Waals surface area contributed by atoms with Crippen LogP contribution in [0.4, 0.5) is 5.69 Å². The van der Waals surface area contributed by atoms with Gasteiger partial charge in [0.2, 0.25) is 0 Å². The smallest absolute Gasteiger partial charge is 0.143 e. The molecular weight excluding hydrogens is 342 g/mol. The maximum atomic E-state index is 6.05. The van der Waals surface area contributed by atoms with Crippen LogP contribution in [0.3, 0.4) is 0 Å². The van der Waals surface area contributed by atoms with Crippen LogP contribution in [0.15, 0.2) is 24.3 Å². The molecule has 0 spiro atoms. The Morgan fingerprint density at radius 1 is 1.19 bits per heavy atom. The summed E-state index contributed by atoms with van der Waals surface area (Å²) in [6.45, 7) is 3.70. The van der Waals surface area contributed by atoms with E-state index in [1.54, 1.807) is 0 Å². The second kappa shape index (κ2) is 7.63.